The molecule has 28 heavy (non-hydrogen) atoms. The molecule has 0 spiro atoms. The summed E-state index contributed by atoms with van der Waals surface area (Å²) in [6.45, 7) is 0.0251. The van der Waals surface area contributed by atoms with Crippen molar-refractivity contribution < 1.29 is 27.1 Å². The van der Waals surface area contributed by atoms with Gasteiger partial charge in [0.25, 0.3) is 6.02 Å². The van der Waals surface area contributed by atoms with E-state index < -0.39 is 53.6 Å². The van der Waals surface area contributed by atoms with Crippen molar-refractivity contribution >= 4 is 11.8 Å². The zero-order valence-electron chi connectivity index (χ0n) is 14.7. The highest BCUT2D eigenvalue weighted by Gasteiger charge is 2.49. The van der Waals surface area contributed by atoms with Crippen molar-refractivity contribution in [2.45, 2.75) is 31.2 Å². The Balaban J connectivity index is 1.94. The Labute approximate surface area is 157 Å². The van der Waals surface area contributed by atoms with Gasteiger partial charge < -0.3 is 10.5 Å². The minimum atomic E-state index is -2.06. The molecule has 0 unspecified atom stereocenters. The molecule has 0 aromatic carbocycles. The molecule has 3 atom stereocenters. The van der Waals surface area contributed by atoms with Crippen molar-refractivity contribution in [3.8, 4) is 0 Å². The van der Waals surface area contributed by atoms with E-state index in [4.69, 9.17) is 10.5 Å². The maximum Gasteiger partial charge on any atom is 0.283 e. The zero-order valence-corrected chi connectivity index (χ0v) is 14.7. The number of aromatic nitrogens is 2. The topological polar surface area (TPSA) is 90.5 Å². The molecular weight excluding hydrogens is 380 g/mol. The molecule has 0 fully saturated rings. The molecule has 1 aliphatic rings. The van der Waals surface area contributed by atoms with Crippen LogP contribution in [0, 0.1) is 11.6 Å². The van der Waals surface area contributed by atoms with E-state index in [2.05, 4.69) is 15.0 Å². The van der Waals surface area contributed by atoms with Crippen molar-refractivity contribution in [1.82, 2.24) is 9.97 Å². The molecule has 0 radical (unpaired) electrons. The molecule has 6 nitrogen and oxygen atoms in total. The molecular formula is C18H16F4N4O2. The van der Waals surface area contributed by atoms with Gasteiger partial charge in [-0.2, -0.15) is 0 Å². The molecule has 0 saturated heterocycles. The molecule has 148 valence electrons. The summed E-state index contributed by atoms with van der Waals surface area (Å²) in [6.07, 6.45) is -3.02. The van der Waals surface area contributed by atoms with Crippen LogP contribution in [-0.2, 0) is 16.7 Å². The number of nitrogens with zero attached hydrogens (tertiary/aromatic N) is 3. The molecule has 10 heteroatoms. The van der Waals surface area contributed by atoms with Gasteiger partial charge in [0.1, 0.15) is 35.2 Å². The quantitative estimate of drug-likeness (QED) is 0.619. The number of carbonyl (C=O) groups excluding carboxylic acids is 1. The Hall–Kier alpha value is -3.04. The van der Waals surface area contributed by atoms with Crippen LogP contribution in [0.3, 0.4) is 0 Å². The van der Waals surface area contributed by atoms with Crippen LogP contribution in [0.2, 0.25) is 0 Å². The molecule has 0 saturated carbocycles. The lowest BCUT2D eigenvalue weighted by Gasteiger charge is -2.36. The van der Waals surface area contributed by atoms with Crippen LogP contribution in [0.5, 0.6) is 0 Å². The highest BCUT2D eigenvalue weighted by atomic mass is 19.1. The average Bonchev–Trinajstić information content (AvgIpc) is 2.66. The maximum absolute atomic E-state index is 14.8. The van der Waals surface area contributed by atoms with Gasteiger partial charge in [-0.15, -0.1) is 0 Å². The molecule has 2 N–H and O–H groups in total. The molecule has 2 aromatic rings. The molecule has 3 heterocycles. The standard InChI is InChI=1S/C18H16F4N4O2/c1-18(15(22)14(7-19)28-17(23)26-18)16-11(21)4-3-10(25-16)6-13(27)12-5-2-9(20)8-24-12/h2-5,8,14-15H,6-7H2,1H3,(H2,23,26)/t14-,15+,18+/m1/s1. The lowest BCUT2D eigenvalue weighted by atomic mass is 9.87. The highest BCUT2D eigenvalue weighted by molar-refractivity contribution is 5.95. The number of nitrogens with two attached hydrogens (primary N) is 1. The molecule has 2 aromatic heterocycles. The minimum Gasteiger partial charge on any atom is -0.456 e. The first-order valence-corrected chi connectivity index (χ1v) is 8.27. The first-order chi connectivity index (χ1) is 13.2. The van der Waals surface area contributed by atoms with Crippen LogP contribution < -0.4 is 5.73 Å². The Morgan fingerprint density at radius 2 is 2.04 bits per heavy atom. The summed E-state index contributed by atoms with van der Waals surface area (Å²) < 4.78 is 60.0. The van der Waals surface area contributed by atoms with Gasteiger partial charge >= 0.3 is 0 Å². The van der Waals surface area contributed by atoms with Crippen molar-refractivity contribution in [2.75, 3.05) is 6.67 Å². The summed E-state index contributed by atoms with van der Waals surface area (Å²) >= 11 is 0. The van der Waals surface area contributed by atoms with Crippen molar-refractivity contribution in [2.24, 2.45) is 10.7 Å². The van der Waals surface area contributed by atoms with Gasteiger partial charge in [-0.05, 0) is 31.2 Å². The number of carbonyl (C=O) groups is 1. The summed E-state index contributed by atoms with van der Waals surface area (Å²) in [4.78, 5) is 23.8. The Morgan fingerprint density at radius 1 is 1.29 bits per heavy atom. The summed E-state index contributed by atoms with van der Waals surface area (Å²) in [5.41, 5.74) is 3.23. The van der Waals surface area contributed by atoms with Gasteiger partial charge in [-0.25, -0.2) is 22.6 Å². The maximum atomic E-state index is 14.8. The number of halogens is 4. The SMILES string of the molecule is C[C@]1(c2nc(CC(=O)c3ccc(F)cn3)ccc2F)N=C(N)O[C@H](CF)[C@@H]1F. The van der Waals surface area contributed by atoms with Gasteiger partial charge in [0.05, 0.1) is 12.6 Å². The van der Waals surface area contributed by atoms with Gasteiger partial charge in [-0.3, -0.25) is 14.8 Å². The third-order valence-electron chi connectivity index (χ3n) is 4.37. The number of ether oxygens (including phenoxy) is 1. The van der Waals surface area contributed by atoms with Crippen LogP contribution in [0.15, 0.2) is 35.5 Å². The summed E-state index contributed by atoms with van der Waals surface area (Å²) in [5.74, 6) is -1.99. The number of Topliss-reactive ketones (excluding diaryl/α,β-unsaturated/α-hetero) is 1. The molecule has 3 rings (SSSR count). The van der Waals surface area contributed by atoms with E-state index in [1.807, 2.05) is 0 Å². The van der Waals surface area contributed by atoms with Crippen molar-refractivity contribution in [3.63, 3.8) is 0 Å². The van der Waals surface area contributed by atoms with Gasteiger partial charge in [-0.1, -0.05) is 0 Å². The van der Waals surface area contributed by atoms with Gasteiger partial charge in [0, 0.05) is 5.69 Å². The second kappa shape index (κ2) is 7.53. The van der Waals surface area contributed by atoms with E-state index >= 15 is 0 Å². The number of alkyl halides is 2. The van der Waals surface area contributed by atoms with Gasteiger partial charge in [0.15, 0.2) is 18.1 Å². The molecule has 0 amide bonds. The zero-order chi connectivity index (χ0) is 20.5. The summed E-state index contributed by atoms with van der Waals surface area (Å²) in [5, 5.41) is 0. The molecule has 0 bridgehead atoms. The van der Waals surface area contributed by atoms with E-state index in [1.165, 1.54) is 19.1 Å². The number of aliphatic imine (C=N–C) groups is 1. The number of amidine groups is 1. The van der Waals surface area contributed by atoms with Gasteiger partial charge in [0.2, 0.25) is 0 Å². The number of hydrogen-bond acceptors (Lipinski definition) is 6. The van der Waals surface area contributed by atoms with Crippen LogP contribution in [0.25, 0.3) is 0 Å². The lowest BCUT2D eigenvalue weighted by molar-refractivity contribution is 0.00305. The first kappa shape index (κ1) is 19.7. The fourth-order valence-corrected chi connectivity index (χ4v) is 2.92. The van der Waals surface area contributed by atoms with Crippen LogP contribution in [-0.4, -0.2) is 40.7 Å². The van der Waals surface area contributed by atoms with E-state index in [9.17, 15) is 22.4 Å². The fourth-order valence-electron chi connectivity index (χ4n) is 2.92. The highest BCUT2D eigenvalue weighted by Crippen LogP contribution is 2.37. The van der Waals surface area contributed by atoms with Crippen molar-refractivity contribution in [1.29, 1.82) is 0 Å². The second-order valence-corrected chi connectivity index (χ2v) is 6.40. The lowest BCUT2D eigenvalue weighted by Crippen LogP contribution is -2.51. The van der Waals surface area contributed by atoms with E-state index in [0.29, 0.717) is 0 Å². The van der Waals surface area contributed by atoms with E-state index in [-0.39, 0.29) is 17.8 Å². The average molecular weight is 396 g/mol. The molecule has 1 aliphatic heterocycles. The Morgan fingerprint density at radius 3 is 2.68 bits per heavy atom. The fraction of sp³-hybridized carbons (Fsp3) is 0.333. The monoisotopic (exact) mass is 396 g/mol. The first-order valence-electron chi connectivity index (χ1n) is 8.27. The molecule has 0 aliphatic carbocycles. The van der Waals surface area contributed by atoms with Crippen LogP contribution >= 0.6 is 0 Å². The van der Waals surface area contributed by atoms with E-state index in [1.54, 1.807) is 0 Å². The predicted octanol–water partition coefficient (Wildman–Crippen LogP) is 2.42. The second-order valence-electron chi connectivity index (χ2n) is 6.40. The van der Waals surface area contributed by atoms with E-state index in [0.717, 1.165) is 18.3 Å². The van der Waals surface area contributed by atoms with Crippen molar-refractivity contribution in [3.05, 3.63) is 59.2 Å². The Bertz CT molecular complexity index is 922. The normalized spacial score (nSPS) is 24.4. The smallest absolute Gasteiger partial charge is 0.283 e. The van der Waals surface area contributed by atoms with Crippen LogP contribution in [0.1, 0.15) is 28.8 Å². The number of hydrogen-bond donors (Lipinski definition) is 1. The largest absolute Gasteiger partial charge is 0.456 e. The van der Waals surface area contributed by atoms with Crippen LogP contribution in [0.4, 0.5) is 17.6 Å². The third-order valence-corrected chi connectivity index (χ3v) is 4.37. The Kier molecular flexibility index (Phi) is 5.30. The summed E-state index contributed by atoms with van der Waals surface area (Å²) in [6, 6.07) is 4.05. The number of ketones is 1. The minimum absolute atomic E-state index is 0.00511. The predicted molar refractivity (Wildman–Crippen MR) is 91.1 cm³/mol. The summed E-state index contributed by atoms with van der Waals surface area (Å²) in [7, 11) is 0. The number of rotatable bonds is 5. The third kappa shape index (κ3) is 3.67. The number of pyridine rings is 2.